The predicted molar refractivity (Wildman–Crippen MR) is 101 cm³/mol. The average molecular weight is 342 g/mol. The van der Waals surface area contributed by atoms with Crippen molar-refractivity contribution >= 4 is 24.0 Å². The minimum absolute atomic E-state index is 0.0146. The lowest BCUT2D eigenvalue weighted by atomic mass is 10.0. The van der Waals surface area contributed by atoms with E-state index in [1.807, 2.05) is 24.3 Å². The van der Waals surface area contributed by atoms with Gasteiger partial charge in [-0.15, -0.1) is 12.6 Å². The lowest BCUT2D eigenvalue weighted by Crippen LogP contribution is -2.30. The van der Waals surface area contributed by atoms with Crippen LogP contribution in [0.3, 0.4) is 0 Å². The fourth-order valence-corrected chi connectivity index (χ4v) is 3.23. The molecule has 0 saturated carbocycles. The van der Waals surface area contributed by atoms with E-state index in [1.165, 1.54) is 0 Å². The molecule has 0 atom stereocenters. The molecule has 1 aliphatic heterocycles. The number of methoxy groups -OCH3 is 2. The maximum absolute atomic E-state index is 5.27. The molecule has 2 aromatic carbocycles. The van der Waals surface area contributed by atoms with Crippen LogP contribution in [0.15, 0.2) is 48.5 Å². The van der Waals surface area contributed by atoms with Crippen molar-refractivity contribution < 1.29 is 9.47 Å². The van der Waals surface area contributed by atoms with E-state index in [0.717, 1.165) is 34.0 Å². The van der Waals surface area contributed by atoms with E-state index in [0.29, 0.717) is 0 Å². The van der Waals surface area contributed by atoms with Crippen LogP contribution in [0.1, 0.15) is 11.1 Å². The largest absolute Gasteiger partial charge is 0.497 e. The van der Waals surface area contributed by atoms with E-state index in [9.17, 15) is 0 Å². The quantitative estimate of drug-likeness (QED) is 0.858. The molecule has 126 valence electrons. The number of ether oxygens (including phenoxy) is 2. The minimum Gasteiger partial charge on any atom is -0.497 e. The fraction of sp³-hybridized carbons (Fsp3) is 0.263. The van der Waals surface area contributed by atoms with E-state index in [4.69, 9.17) is 22.1 Å². The highest BCUT2D eigenvalue weighted by molar-refractivity contribution is 7.80. The normalized spacial score (nSPS) is 15.2. The van der Waals surface area contributed by atoms with Gasteiger partial charge in [-0.05, 0) is 48.5 Å². The number of benzene rings is 2. The third-order valence-corrected chi connectivity index (χ3v) is 5.04. The van der Waals surface area contributed by atoms with Crippen molar-refractivity contribution in [3.8, 4) is 11.5 Å². The maximum Gasteiger partial charge on any atom is 0.147 e. The molecule has 2 aromatic rings. The zero-order valence-electron chi connectivity index (χ0n) is 14.4. The summed E-state index contributed by atoms with van der Waals surface area (Å²) in [7, 11) is 7.47. The van der Waals surface area contributed by atoms with Crippen LogP contribution in [0.25, 0.3) is 11.4 Å². The molecule has 0 fully saturated rings. The van der Waals surface area contributed by atoms with E-state index in [1.54, 1.807) is 14.2 Å². The molecule has 0 aromatic heterocycles. The SMILES string of the molecule is COc1ccc(C2=C(c3ccc(OC)cc3)N(C)C(S)N2C)cc1. The summed E-state index contributed by atoms with van der Waals surface area (Å²) in [4.78, 5) is 4.34. The van der Waals surface area contributed by atoms with Gasteiger partial charge in [-0.3, -0.25) is 0 Å². The molecule has 5 heteroatoms. The van der Waals surface area contributed by atoms with Gasteiger partial charge in [-0.1, -0.05) is 0 Å². The first kappa shape index (κ1) is 16.6. The van der Waals surface area contributed by atoms with Crippen LogP contribution < -0.4 is 9.47 Å². The van der Waals surface area contributed by atoms with Gasteiger partial charge < -0.3 is 19.3 Å². The first-order chi connectivity index (χ1) is 11.6. The standard InChI is InChI=1S/C19H22N2O2S/c1-20-17(13-5-9-15(22-3)10-6-13)18(21(2)19(20)24)14-7-11-16(23-4)12-8-14/h5-12,19,24H,1-4H3. The summed E-state index contributed by atoms with van der Waals surface area (Å²) in [5.41, 5.74) is 4.54. The first-order valence-electron chi connectivity index (χ1n) is 7.73. The molecule has 0 amide bonds. The van der Waals surface area contributed by atoms with Crippen molar-refractivity contribution in [3.05, 3.63) is 59.7 Å². The summed E-state index contributed by atoms with van der Waals surface area (Å²) >= 11 is 4.74. The van der Waals surface area contributed by atoms with Crippen molar-refractivity contribution in [1.82, 2.24) is 9.80 Å². The van der Waals surface area contributed by atoms with Crippen LogP contribution in [-0.4, -0.2) is 43.6 Å². The predicted octanol–water partition coefficient (Wildman–Crippen LogP) is 3.62. The van der Waals surface area contributed by atoms with Gasteiger partial charge in [-0.2, -0.15) is 0 Å². The maximum atomic E-state index is 5.27. The average Bonchev–Trinajstić information content (AvgIpc) is 2.86. The van der Waals surface area contributed by atoms with Gasteiger partial charge >= 0.3 is 0 Å². The summed E-state index contributed by atoms with van der Waals surface area (Å²) < 4.78 is 10.5. The van der Waals surface area contributed by atoms with Gasteiger partial charge in [0.2, 0.25) is 0 Å². The molecule has 0 bridgehead atoms. The van der Waals surface area contributed by atoms with Gasteiger partial charge in [0.25, 0.3) is 0 Å². The van der Waals surface area contributed by atoms with E-state index >= 15 is 0 Å². The van der Waals surface area contributed by atoms with Gasteiger partial charge in [-0.25, -0.2) is 0 Å². The van der Waals surface area contributed by atoms with Crippen LogP contribution in [-0.2, 0) is 0 Å². The first-order valence-corrected chi connectivity index (χ1v) is 8.25. The van der Waals surface area contributed by atoms with Gasteiger partial charge in [0.05, 0.1) is 25.6 Å². The Morgan fingerprint density at radius 2 is 1.04 bits per heavy atom. The lowest BCUT2D eigenvalue weighted by Gasteiger charge is -2.25. The van der Waals surface area contributed by atoms with E-state index in [-0.39, 0.29) is 5.50 Å². The monoisotopic (exact) mass is 342 g/mol. The highest BCUT2D eigenvalue weighted by Gasteiger charge is 2.32. The Hall–Kier alpha value is -2.27. The Kier molecular flexibility index (Phi) is 4.62. The molecule has 0 N–H and O–H groups in total. The smallest absolute Gasteiger partial charge is 0.147 e. The van der Waals surface area contributed by atoms with Crippen LogP contribution in [0, 0.1) is 0 Å². The van der Waals surface area contributed by atoms with Crippen LogP contribution in [0.5, 0.6) is 11.5 Å². The fourth-order valence-electron chi connectivity index (χ4n) is 3.00. The highest BCUT2D eigenvalue weighted by atomic mass is 32.1. The second kappa shape index (κ2) is 6.69. The second-order valence-electron chi connectivity index (χ2n) is 5.72. The summed E-state index contributed by atoms with van der Waals surface area (Å²) in [6.07, 6.45) is 0. The Balaban J connectivity index is 2.11. The summed E-state index contributed by atoms with van der Waals surface area (Å²) in [6.45, 7) is 0. The molecule has 3 rings (SSSR count). The van der Waals surface area contributed by atoms with Crippen molar-refractivity contribution in [1.29, 1.82) is 0 Å². The topological polar surface area (TPSA) is 24.9 Å². The van der Waals surface area contributed by atoms with Crippen molar-refractivity contribution in [2.45, 2.75) is 5.50 Å². The Bertz CT molecular complexity index is 677. The number of rotatable bonds is 4. The molecule has 4 nitrogen and oxygen atoms in total. The molecule has 1 aliphatic rings. The highest BCUT2D eigenvalue weighted by Crippen LogP contribution is 2.40. The van der Waals surface area contributed by atoms with Crippen molar-refractivity contribution in [2.24, 2.45) is 0 Å². The van der Waals surface area contributed by atoms with Crippen LogP contribution in [0.4, 0.5) is 0 Å². The zero-order valence-corrected chi connectivity index (χ0v) is 15.2. The molecular formula is C19H22N2O2S. The Morgan fingerprint density at radius 1 is 0.708 bits per heavy atom. The minimum atomic E-state index is -0.0146. The molecule has 0 radical (unpaired) electrons. The third kappa shape index (κ3) is 2.80. The molecule has 0 spiro atoms. The van der Waals surface area contributed by atoms with Crippen molar-refractivity contribution in [2.75, 3.05) is 28.3 Å². The molecule has 24 heavy (non-hydrogen) atoms. The van der Waals surface area contributed by atoms with E-state index in [2.05, 4.69) is 48.2 Å². The number of nitrogens with zero attached hydrogens (tertiary/aromatic N) is 2. The van der Waals surface area contributed by atoms with Gasteiger partial charge in [0.1, 0.15) is 17.0 Å². The molecule has 1 heterocycles. The summed E-state index contributed by atoms with van der Waals surface area (Å²) in [5, 5.41) is 0. The zero-order chi connectivity index (χ0) is 17.3. The third-order valence-electron chi connectivity index (χ3n) is 4.35. The van der Waals surface area contributed by atoms with Gasteiger partial charge in [0.15, 0.2) is 0 Å². The molecule has 0 unspecified atom stereocenters. The van der Waals surface area contributed by atoms with E-state index < -0.39 is 0 Å². The van der Waals surface area contributed by atoms with Crippen molar-refractivity contribution in [3.63, 3.8) is 0 Å². The molecule has 0 aliphatic carbocycles. The summed E-state index contributed by atoms with van der Waals surface area (Å²) in [5.74, 6) is 1.70. The number of thiol groups is 1. The summed E-state index contributed by atoms with van der Waals surface area (Å²) in [6, 6.07) is 16.2. The Morgan fingerprint density at radius 3 is 1.33 bits per heavy atom. The molecular weight excluding hydrogens is 320 g/mol. The van der Waals surface area contributed by atoms with Crippen LogP contribution in [0.2, 0.25) is 0 Å². The second-order valence-corrected chi connectivity index (χ2v) is 6.18. The van der Waals surface area contributed by atoms with Gasteiger partial charge in [0, 0.05) is 25.2 Å². The lowest BCUT2D eigenvalue weighted by molar-refractivity contribution is 0.319. The van der Waals surface area contributed by atoms with Crippen LogP contribution >= 0.6 is 12.6 Å². The number of hydrogen-bond acceptors (Lipinski definition) is 5. The Labute approximate surface area is 148 Å². The number of hydrogen-bond donors (Lipinski definition) is 1. The molecule has 0 saturated heterocycles.